The Hall–Kier alpha value is -2.92. The maximum Gasteiger partial charge on any atom is 0.324 e. The number of carbonyl (C=O) groups is 2. The molecule has 32 heavy (non-hydrogen) atoms. The van der Waals surface area contributed by atoms with E-state index in [1.165, 1.54) is 35.4 Å². The number of nitrogens with one attached hydrogen (secondary N) is 2. The van der Waals surface area contributed by atoms with E-state index in [0.717, 1.165) is 12.8 Å². The standard InChI is InChI=1S/C21H24FN3O6S/c1-13(16-4-5-18(22)19(7-16)31-10-14-2-3-14)24-32(28,29)12-15-6-17(30-11-15)8-25-9-20(26)23-21(25)27/h4-7,11,13-14,24H,2-3,8-10,12H2,1H3,(H,23,26,27)/t13-/m1/s1. The van der Waals surface area contributed by atoms with Crippen molar-refractivity contribution in [3.05, 3.63) is 53.2 Å². The van der Waals surface area contributed by atoms with Crippen LogP contribution in [0.5, 0.6) is 5.75 Å². The van der Waals surface area contributed by atoms with Crippen molar-refractivity contribution in [1.29, 1.82) is 0 Å². The summed E-state index contributed by atoms with van der Waals surface area (Å²) in [6.07, 6.45) is 3.46. The van der Waals surface area contributed by atoms with Gasteiger partial charge in [-0.3, -0.25) is 10.1 Å². The summed E-state index contributed by atoms with van der Waals surface area (Å²) in [6.45, 7) is 2.10. The molecule has 9 nitrogen and oxygen atoms in total. The summed E-state index contributed by atoms with van der Waals surface area (Å²) in [6, 6.07) is 4.71. The van der Waals surface area contributed by atoms with Gasteiger partial charge in [0, 0.05) is 11.6 Å². The molecule has 1 atom stereocenters. The number of amides is 3. The Morgan fingerprint density at radius 2 is 2.09 bits per heavy atom. The smallest absolute Gasteiger partial charge is 0.324 e. The van der Waals surface area contributed by atoms with Gasteiger partial charge in [0.15, 0.2) is 11.6 Å². The summed E-state index contributed by atoms with van der Waals surface area (Å²) in [4.78, 5) is 24.1. The molecule has 1 saturated heterocycles. The maximum absolute atomic E-state index is 14.0. The molecular formula is C21H24FN3O6S. The maximum atomic E-state index is 14.0. The molecule has 1 aliphatic heterocycles. The average Bonchev–Trinajstić information content (AvgIpc) is 3.36. The van der Waals surface area contributed by atoms with Crippen LogP contribution in [0.4, 0.5) is 9.18 Å². The van der Waals surface area contributed by atoms with E-state index in [-0.39, 0.29) is 24.6 Å². The highest BCUT2D eigenvalue weighted by Gasteiger charge is 2.28. The first-order chi connectivity index (χ1) is 15.2. The molecule has 172 valence electrons. The lowest BCUT2D eigenvalue weighted by Gasteiger charge is -2.16. The van der Waals surface area contributed by atoms with E-state index < -0.39 is 33.8 Å². The number of sulfonamides is 1. The van der Waals surface area contributed by atoms with Gasteiger partial charge in [-0.15, -0.1) is 0 Å². The number of hydrogen-bond acceptors (Lipinski definition) is 6. The highest BCUT2D eigenvalue weighted by atomic mass is 32.2. The Labute approximate surface area is 185 Å². The molecule has 4 rings (SSSR count). The van der Waals surface area contributed by atoms with Crippen LogP contribution in [-0.2, 0) is 27.1 Å². The molecule has 0 unspecified atom stereocenters. The van der Waals surface area contributed by atoms with Crippen molar-refractivity contribution in [2.75, 3.05) is 13.2 Å². The molecule has 11 heteroatoms. The van der Waals surface area contributed by atoms with Crippen molar-refractivity contribution in [3.63, 3.8) is 0 Å². The van der Waals surface area contributed by atoms with Gasteiger partial charge in [0.2, 0.25) is 15.9 Å². The number of imide groups is 1. The minimum atomic E-state index is -3.75. The second-order valence-electron chi connectivity index (χ2n) is 8.17. The molecule has 2 aromatic rings. The highest BCUT2D eigenvalue weighted by Crippen LogP contribution is 2.31. The van der Waals surface area contributed by atoms with Gasteiger partial charge in [-0.1, -0.05) is 6.07 Å². The molecule has 2 N–H and O–H groups in total. The number of carbonyl (C=O) groups excluding carboxylic acids is 2. The predicted molar refractivity (Wildman–Crippen MR) is 111 cm³/mol. The van der Waals surface area contributed by atoms with Crippen LogP contribution in [0, 0.1) is 11.7 Å². The van der Waals surface area contributed by atoms with Crippen LogP contribution in [0.2, 0.25) is 0 Å². The molecular weight excluding hydrogens is 441 g/mol. The molecule has 2 fully saturated rings. The molecule has 1 aliphatic carbocycles. The largest absolute Gasteiger partial charge is 0.490 e. The first-order valence-electron chi connectivity index (χ1n) is 10.3. The van der Waals surface area contributed by atoms with E-state index in [1.807, 2.05) is 0 Å². The fraction of sp³-hybridized carbons (Fsp3) is 0.429. The average molecular weight is 466 g/mol. The van der Waals surface area contributed by atoms with Crippen molar-refractivity contribution in [1.82, 2.24) is 14.9 Å². The lowest BCUT2D eigenvalue weighted by molar-refractivity contribution is -0.118. The van der Waals surface area contributed by atoms with E-state index in [9.17, 15) is 22.4 Å². The summed E-state index contributed by atoms with van der Waals surface area (Å²) in [5, 5.41) is 2.16. The summed E-state index contributed by atoms with van der Waals surface area (Å²) < 4.78 is 52.7. The van der Waals surface area contributed by atoms with Crippen molar-refractivity contribution in [2.24, 2.45) is 5.92 Å². The third-order valence-corrected chi connectivity index (χ3v) is 6.69. The van der Waals surface area contributed by atoms with Gasteiger partial charge in [-0.2, -0.15) is 0 Å². The number of hydrogen-bond donors (Lipinski definition) is 2. The zero-order valence-electron chi connectivity index (χ0n) is 17.5. The Balaban J connectivity index is 1.36. The van der Waals surface area contributed by atoms with Crippen molar-refractivity contribution in [2.45, 2.75) is 38.1 Å². The first-order valence-corrected chi connectivity index (χ1v) is 11.9. The van der Waals surface area contributed by atoms with Crippen LogP contribution >= 0.6 is 0 Å². The number of halogens is 1. The van der Waals surface area contributed by atoms with Gasteiger partial charge >= 0.3 is 6.03 Å². The van der Waals surface area contributed by atoms with Gasteiger partial charge in [0.1, 0.15) is 12.3 Å². The van der Waals surface area contributed by atoms with E-state index in [4.69, 9.17) is 9.15 Å². The molecule has 1 saturated carbocycles. The van der Waals surface area contributed by atoms with Crippen LogP contribution in [0.15, 0.2) is 34.9 Å². The van der Waals surface area contributed by atoms with Crippen molar-refractivity contribution >= 4 is 22.0 Å². The minimum Gasteiger partial charge on any atom is -0.490 e. The molecule has 0 spiro atoms. The van der Waals surface area contributed by atoms with Gasteiger partial charge in [0.05, 0.1) is 25.2 Å². The summed E-state index contributed by atoms with van der Waals surface area (Å²) in [5.41, 5.74) is 0.983. The Kier molecular flexibility index (Phi) is 6.20. The Morgan fingerprint density at radius 3 is 2.78 bits per heavy atom. The van der Waals surface area contributed by atoms with E-state index >= 15 is 0 Å². The predicted octanol–water partition coefficient (Wildman–Crippen LogP) is 2.44. The molecule has 0 bridgehead atoms. The second-order valence-corrected chi connectivity index (χ2v) is 9.93. The van der Waals surface area contributed by atoms with Crippen molar-refractivity contribution < 1.29 is 31.6 Å². The van der Waals surface area contributed by atoms with E-state index in [1.54, 1.807) is 6.92 Å². The van der Waals surface area contributed by atoms with Gasteiger partial charge in [-0.25, -0.2) is 22.3 Å². The number of rotatable bonds is 10. The first kappa shape index (κ1) is 22.3. The quantitative estimate of drug-likeness (QED) is 0.521. The molecule has 1 aromatic carbocycles. The zero-order valence-corrected chi connectivity index (χ0v) is 18.3. The van der Waals surface area contributed by atoms with Crippen LogP contribution in [0.25, 0.3) is 0 Å². The normalized spacial score (nSPS) is 17.5. The lowest BCUT2D eigenvalue weighted by Crippen LogP contribution is -2.28. The number of benzene rings is 1. The third-order valence-electron chi connectivity index (χ3n) is 5.26. The molecule has 3 amide bonds. The van der Waals surface area contributed by atoms with Gasteiger partial charge in [-0.05, 0) is 49.4 Å². The number of nitrogens with zero attached hydrogens (tertiary/aromatic N) is 1. The summed E-state index contributed by atoms with van der Waals surface area (Å²) in [7, 11) is -3.75. The fourth-order valence-corrected chi connectivity index (χ4v) is 4.72. The number of urea groups is 1. The van der Waals surface area contributed by atoms with Gasteiger partial charge in [0.25, 0.3) is 0 Å². The lowest BCUT2D eigenvalue weighted by atomic mass is 10.1. The van der Waals surface area contributed by atoms with E-state index in [0.29, 0.717) is 29.4 Å². The summed E-state index contributed by atoms with van der Waals surface area (Å²) in [5.74, 6) is -0.270. The third kappa shape index (κ3) is 5.65. The number of ether oxygens (including phenoxy) is 1. The molecule has 2 heterocycles. The summed E-state index contributed by atoms with van der Waals surface area (Å²) >= 11 is 0. The zero-order chi connectivity index (χ0) is 22.9. The topological polar surface area (TPSA) is 118 Å². The SMILES string of the molecule is C[C@@H](NS(=O)(=O)Cc1coc(CN2CC(=O)NC2=O)c1)c1ccc(F)c(OCC2CC2)c1. The Bertz CT molecular complexity index is 1130. The second kappa shape index (κ2) is 8.91. The number of furan rings is 1. The Morgan fingerprint density at radius 1 is 1.31 bits per heavy atom. The fourth-order valence-electron chi connectivity index (χ4n) is 3.37. The van der Waals surface area contributed by atoms with E-state index in [2.05, 4.69) is 10.0 Å². The van der Waals surface area contributed by atoms with Crippen LogP contribution in [-0.4, -0.2) is 38.4 Å². The monoisotopic (exact) mass is 465 g/mol. The van der Waals surface area contributed by atoms with Crippen molar-refractivity contribution in [3.8, 4) is 5.75 Å². The van der Waals surface area contributed by atoms with Crippen LogP contribution in [0.1, 0.15) is 42.7 Å². The highest BCUT2D eigenvalue weighted by molar-refractivity contribution is 7.88. The molecule has 1 aromatic heterocycles. The minimum absolute atomic E-state index is 0.0562. The molecule has 2 aliphatic rings. The molecule has 0 radical (unpaired) electrons. The van der Waals surface area contributed by atoms with Gasteiger partial charge < -0.3 is 14.1 Å². The van der Waals surface area contributed by atoms with Crippen LogP contribution < -0.4 is 14.8 Å². The van der Waals surface area contributed by atoms with Crippen LogP contribution in [0.3, 0.4) is 0 Å².